The summed E-state index contributed by atoms with van der Waals surface area (Å²) < 4.78 is 7.46. The fourth-order valence-electron chi connectivity index (χ4n) is 3.21. The zero-order chi connectivity index (χ0) is 21.1. The average molecular weight is 444 g/mol. The predicted octanol–water partition coefficient (Wildman–Crippen LogP) is 2.94. The number of anilines is 1. The lowest BCUT2D eigenvalue weighted by Crippen LogP contribution is -2.44. The van der Waals surface area contributed by atoms with Gasteiger partial charge in [-0.3, -0.25) is 19.0 Å². The summed E-state index contributed by atoms with van der Waals surface area (Å²) in [5.41, 5.74) is 1.15. The van der Waals surface area contributed by atoms with Crippen LogP contribution in [0.3, 0.4) is 0 Å². The third kappa shape index (κ3) is 4.46. The maximum absolute atomic E-state index is 12.7. The number of thiophene rings is 1. The summed E-state index contributed by atoms with van der Waals surface area (Å²) in [6, 6.07) is 14.8. The first-order valence-corrected chi connectivity index (χ1v) is 10.4. The fourth-order valence-corrected chi connectivity index (χ4v) is 4.16. The van der Waals surface area contributed by atoms with E-state index in [-0.39, 0.29) is 30.6 Å². The molecule has 1 aliphatic heterocycles. The molecule has 2 aromatic heterocycles. The van der Waals surface area contributed by atoms with Gasteiger partial charge < -0.3 is 15.4 Å². The smallest absolute Gasteiger partial charge is 0.261 e. The molecule has 0 spiro atoms. The molecular weight excluding hydrogens is 426 g/mol. The standard InChI is InChI=1S/C21H18ClN3O4S/c22-18-9-8-17(30-18)21(28)24-16-12-29-11-15(16)20(27)23-13-4-6-14(7-5-13)25-10-2-1-3-19(25)26/h1-10,15-16H,11-12H2,(H,23,27)(H,24,28)/t15-,16+/m0/s1. The Hall–Kier alpha value is -2.94. The second-order valence-electron chi connectivity index (χ2n) is 6.77. The van der Waals surface area contributed by atoms with Crippen LogP contribution in [0.4, 0.5) is 5.69 Å². The first-order valence-electron chi connectivity index (χ1n) is 9.24. The Morgan fingerprint density at radius 3 is 2.57 bits per heavy atom. The summed E-state index contributed by atoms with van der Waals surface area (Å²) >= 11 is 7.06. The van der Waals surface area contributed by atoms with Crippen molar-refractivity contribution in [1.82, 2.24) is 9.88 Å². The van der Waals surface area contributed by atoms with Crippen LogP contribution in [-0.2, 0) is 9.53 Å². The number of hydrogen-bond acceptors (Lipinski definition) is 5. The molecule has 9 heteroatoms. The highest BCUT2D eigenvalue weighted by Gasteiger charge is 2.35. The molecule has 0 unspecified atom stereocenters. The van der Waals surface area contributed by atoms with Crippen LogP contribution in [0.2, 0.25) is 4.34 Å². The lowest BCUT2D eigenvalue weighted by molar-refractivity contribution is -0.120. The van der Waals surface area contributed by atoms with E-state index < -0.39 is 12.0 Å². The van der Waals surface area contributed by atoms with Crippen molar-refractivity contribution < 1.29 is 14.3 Å². The predicted molar refractivity (Wildman–Crippen MR) is 116 cm³/mol. The molecule has 0 radical (unpaired) electrons. The molecule has 0 saturated carbocycles. The minimum absolute atomic E-state index is 0.136. The highest BCUT2D eigenvalue weighted by atomic mass is 35.5. The molecule has 1 fully saturated rings. The van der Waals surface area contributed by atoms with E-state index in [4.69, 9.17) is 16.3 Å². The Labute approximate surface area is 181 Å². The molecule has 2 N–H and O–H groups in total. The molecule has 3 aromatic rings. The second-order valence-corrected chi connectivity index (χ2v) is 8.49. The molecule has 4 rings (SSSR count). The number of halogens is 1. The summed E-state index contributed by atoms with van der Waals surface area (Å²) in [4.78, 5) is 37.5. The highest BCUT2D eigenvalue weighted by Crippen LogP contribution is 2.23. The molecular formula is C21H18ClN3O4S. The third-order valence-corrected chi connectivity index (χ3v) is 6.00. The van der Waals surface area contributed by atoms with Gasteiger partial charge in [0.05, 0.1) is 34.4 Å². The Morgan fingerprint density at radius 1 is 1.07 bits per heavy atom. The number of carbonyl (C=O) groups is 2. The number of ether oxygens (including phenoxy) is 1. The molecule has 2 atom stereocenters. The molecule has 3 heterocycles. The molecule has 7 nitrogen and oxygen atoms in total. The Bertz CT molecular complexity index is 1130. The van der Waals surface area contributed by atoms with Gasteiger partial charge in [-0.05, 0) is 42.5 Å². The third-order valence-electron chi connectivity index (χ3n) is 4.77. The number of amides is 2. The maximum Gasteiger partial charge on any atom is 0.261 e. The SMILES string of the molecule is O=C(N[C@@H]1COC[C@@H]1C(=O)Nc1ccc(-n2ccccc2=O)cc1)c1ccc(Cl)s1. The Balaban J connectivity index is 1.41. The Kier molecular flexibility index (Phi) is 5.98. The summed E-state index contributed by atoms with van der Waals surface area (Å²) in [5, 5.41) is 5.70. The lowest BCUT2D eigenvalue weighted by atomic mass is 10.0. The molecule has 30 heavy (non-hydrogen) atoms. The summed E-state index contributed by atoms with van der Waals surface area (Å²) in [6.45, 7) is 0.484. The largest absolute Gasteiger partial charge is 0.378 e. The number of rotatable bonds is 5. The van der Waals surface area contributed by atoms with Crippen molar-refractivity contribution in [2.75, 3.05) is 18.5 Å². The van der Waals surface area contributed by atoms with Gasteiger partial charge >= 0.3 is 0 Å². The van der Waals surface area contributed by atoms with Gasteiger partial charge in [0.15, 0.2) is 0 Å². The van der Waals surface area contributed by atoms with Gasteiger partial charge in [0.1, 0.15) is 0 Å². The van der Waals surface area contributed by atoms with Gasteiger partial charge in [-0.25, -0.2) is 0 Å². The monoisotopic (exact) mass is 443 g/mol. The highest BCUT2D eigenvalue weighted by molar-refractivity contribution is 7.18. The Morgan fingerprint density at radius 2 is 1.87 bits per heavy atom. The minimum atomic E-state index is -0.513. The van der Waals surface area contributed by atoms with Crippen LogP contribution in [0.15, 0.2) is 65.6 Å². The number of pyridine rings is 1. The van der Waals surface area contributed by atoms with E-state index in [1.54, 1.807) is 54.7 Å². The van der Waals surface area contributed by atoms with Crippen molar-refractivity contribution >= 4 is 40.4 Å². The molecule has 1 saturated heterocycles. The van der Waals surface area contributed by atoms with Crippen molar-refractivity contribution in [3.63, 3.8) is 0 Å². The van der Waals surface area contributed by atoms with E-state index in [0.717, 1.165) is 0 Å². The van der Waals surface area contributed by atoms with E-state index in [1.807, 2.05) is 0 Å². The fraction of sp³-hybridized carbons (Fsp3) is 0.190. The average Bonchev–Trinajstić information content (AvgIpc) is 3.38. The molecule has 0 aliphatic carbocycles. The van der Waals surface area contributed by atoms with E-state index >= 15 is 0 Å². The number of benzene rings is 1. The summed E-state index contributed by atoms with van der Waals surface area (Å²) in [5.74, 6) is -1.04. The van der Waals surface area contributed by atoms with Crippen LogP contribution in [0.25, 0.3) is 5.69 Å². The van der Waals surface area contributed by atoms with Gasteiger partial charge in [-0.15, -0.1) is 11.3 Å². The van der Waals surface area contributed by atoms with Crippen molar-refractivity contribution in [3.8, 4) is 5.69 Å². The number of aromatic nitrogens is 1. The lowest BCUT2D eigenvalue weighted by Gasteiger charge is -2.18. The number of hydrogen-bond donors (Lipinski definition) is 2. The zero-order valence-corrected chi connectivity index (χ0v) is 17.3. The topological polar surface area (TPSA) is 89.4 Å². The first-order chi connectivity index (χ1) is 14.5. The van der Waals surface area contributed by atoms with Gasteiger partial charge in [-0.2, -0.15) is 0 Å². The van der Waals surface area contributed by atoms with Gasteiger partial charge in [0.25, 0.3) is 11.5 Å². The van der Waals surface area contributed by atoms with Crippen molar-refractivity contribution in [1.29, 1.82) is 0 Å². The van der Waals surface area contributed by atoms with Crippen LogP contribution in [0.5, 0.6) is 0 Å². The van der Waals surface area contributed by atoms with E-state index in [9.17, 15) is 14.4 Å². The van der Waals surface area contributed by atoms with Crippen molar-refractivity contribution in [3.05, 3.63) is 80.4 Å². The summed E-state index contributed by atoms with van der Waals surface area (Å²) in [7, 11) is 0. The van der Waals surface area contributed by atoms with Crippen LogP contribution in [0.1, 0.15) is 9.67 Å². The molecule has 0 bridgehead atoms. The van der Waals surface area contributed by atoms with Crippen LogP contribution < -0.4 is 16.2 Å². The molecule has 1 aliphatic rings. The quantitative estimate of drug-likeness (QED) is 0.634. The van der Waals surface area contributed by atoms with Gasteiger partial charge in [0, 0.05) is 23.6 Å². The van der Waals surface area contributed by atoms with Gasteiger partial charge in [-0.1, -0.05) is 17.7 Å². The number of nitrogens with zero attached hydrogens (tertiary/aromatic N) is 1. The van der Waals surface area contributed by atoms with E-state index in [1.165, 1.54) is 22.0 Å². The normalized spacial score (nSPS) is 18.2. The zero-order valence-electron chi connectivity index (χ0n) is 15.7. The van der Waals surface area contributed by atoms with E-state index in [2.05, 4.69) is 10.6 Å². The minimum Gasteiger partial charge on any atom is -0.378 e. The summed E-state index contributed by atoms with van der Waals surface area (Å²) in [6.07, 6.45) is 1.68. The number of carbonyl (C=O) groups excluding carboxylic acids is 2. The first kappa shape index (κ1) is 20.3. The van der Waals surface area contributed by atoms with E-state index in [0.29, 0.717) is 20.6 Å². The van der Waals surface area contributed by atoms with Crippen molar-refractivity contribution in [2.45, 2.75) is 6.04 Å². The molecule has 2 amide bonds. The van der Waals surface area contributed by atoms with Gasteiger partial charge in [0.2, 0.25) is 5.91 Å². The van der Waals surface area contributed by atoms with Crippen LogP contribution >= 0.6 is 22.9 Å². The maximum atomic E-state index is 12.7. The van der Waals surface area contributed by atoms with Crippen molar-refractivity contribution in [2.24, 2.45) is 5.92 Å². The van der Waals surface area contributed by atoms with Crippen LogP contribution in [-0.4, -0.2) is 35.6 Å². The molecule has 154 valence electrons. The number of nitrogens with one attached hydrogen (secondary N) is 2. The second kappa shape index (κ2) is 8.83. The van der Waals surface area contributed by atoms with Crippen LogP contribution in [0, 0.1) is 5.92 Å². The molecule has 1 aromatic carbocycles.